The molecule has 2 aromatic rings. The van der Waals surface area contributed by atoms with Crippen molar-refractivity contribution in [3.05, 3.63) is 52.5 Å². The lowest BCUT2D eigenvalue weighted by molar-refractivity contribution is -0.307. The molecule has 0 radical (unpaired) electrons. The fourth-order valence-corrected chi connectivity index (χ4v) is 2.76. The van der Waals surface area contributed by atoms with Gasteiger partial charge in [0.15, 0.2) is 0 Å². The Bertz CT molecular complexity index is 975. The normalized spacial score (nSPS) is 16.3. The highest BCUT2D eigenvalue weighted by Gasteiger charge is 2.45. The first kappa shape index (κ1) is 18.1. The van der Waals surface area contributed by atoms with E-state index < -0.39 is 47.7 Å². The molecular formula is C16H10F3N4O4-. The SMILES string of the molecule is N#CC1=C(N)Oc2n[nH]c(C(F)(F)F)c2[C@@H]1c1ccccc1OCC(=O)[O-]. The summed E-state index contributed by atoms with van der Waals surface area (Å²) in [5.74, 6) is -3.74. The van der Waals surface area contributed by atoms with Gasteiger partial charge >= 0.3 is 6.18 Å². The van der Waals surface area contributed by atoms with Crippen LogP contribution in [0.3, 0.4) is 0 Å². The average Bonchev–Trinajstić information content (AvgIpc) is 3.02. The van der Waals surface area contributed by atoms with Crippen molar-refractivity contribution in [2.75, 3.05) is 6.61 Å². The average molecular weight is 379 g/mol. The maximum absolute atomic E-state index is 13.4. The maximum Gasteiger partial charge on any atom is 0.433 e. The number of H-pyrrole nitrogens is 1. The number of nitrogens with two attached hydrogens (primary N) is 1. The first-order chi connectivity index (χ1) is 12.7. The molecule has 1 aromatic carbocycles. The number of carboxylic acids is 1. The summed E-state index contributed by atoms with van der Waals surface area (Å²) in [6.07, 6.45) is -4.81. The third-order valence-corrected chi connectivity index (χ3v) is 3.80. The highest BCUT2D eigenvalue weighted by Crippen LogP contribution is 2.48. The molecule has 11 heteroatoms. The van der Waals surface area contributed by atoms with Crippen molar-refractivity contribution in [3.63, 3.8) is 0 Å². The van der Waals surface area contributed by atoms with Gasteiger partial charge in [0.2, 0.25) is 11.8 Å². The standard InChI is InChI=1S/C16H11F3N4O4/c17-16(18,19)13-12-11(8(5-20)14(21)27-15(12)23-22-13)7-3-1-2-4-9(7)26-6-10(24)25/h1-4,11H,6,21H2,(H,22,23)(H,24,25)/p-1/t11-/m1/s1. The Morgan fingerprint density at radius 1 is 1.44 bits per heavy atom. The van der Waals surface area contributed by atoms with E-state index in [2.05, 4.69) is 5.10 Å². The van der Waals surface area contributed by atoms with Gasteiger partial charge in [-0.05, 0) is 6.07 Å². The van der Waals surface area contributed by atoms with Gasteiger partial charge in [-0.2, -0.15) is 18.4 Å². The molecule has 0 aliphatic carbocycles. The highest BCUT2D eigenvalue weighted by atomic mass is 19.4. The van der Waals surface area contributed by atoms with Gasteiger partial charge in [0.1, 0.15) is 29.7 Å². The lowest BCUT2D eigenvalue weighted by atomic mass is 9.83. The molecule has 0 saturated heterocycles. The highest BCUT2D eigenvalue weighted by molar-refractivity contribution is 5.66. The molecule has 0 saturated carbocycles. The summed E-state index contributed by atoms with van der Waals surface area (Å²) < 4.78 is 50.4. The summed E-state index contributed by atoms with van der Waals surface area (Å²) >= 11 is 0. The Labute approximate surface area is 149 Å². The van der Waals surface area contributed by atoms with Crippen LogP contribution in [-0.2, 0) is 11.0 Å². The second kappa shape index (κ2) is 6.56. The van der Waals surface area contributed by atoms with Crippen LogP contribution in [0.25, 0.3) is 0 Å². The number of carbonyl (C=O) groups is 1. The smallest absolute Gasteiger partial charge is 0.433 e. The predicted molar refractivity (Wildman–Crippen MR) is 79.8 cm³/mol. The number of hydrogen-bond acceptors (Lipinski definition) is 7. The van der Waals surface area contributed by atoms with E-state index in [1.807, 2.05) is 5.10 Å². The number of fused-ring (bicyclic) bond motifs is 1. The molecule has 0 spiro atoms. The maximum atomic E-state index is 13.4. The number of benzene rings is 1. The van der Waals surface area contributed by atoms with Crippen LogP contribution in [-0.4, -0.2) is 22.8 Å². The molecule has 1 aliphatic heterocycles. The fourth-order valence-electron chi connectivity index (χ4n) is 2.76. The zero-order chi connectivity index (χ0) is 19.8. The Morgan fingerprint density at radius 3 is 2.78 bits per heavy atom. The molecule has 3 N–H and O–H groups in total. The van der Waals surface area contributed by atoms with Crippen LogP contribution < -0.4 is 20.3 Å². The van der Waals surface area contributed by atoms with Gasteiger partial charge in [0.05, 0.1) is 17.5 Å². The number of para-hydroxylation sites is 1. The van der Waals surface area contributed by atoms with Gasteiger partial charge in [-0.15, -0.1) is 5.10 Å². The van der Waals surface area contributed by atoms with Gasteiger partial charge in [-0.25, -0.2) is 0 Å². The molecule has 0 bridgehead atoms. The Morgan fingerprint density at radius 2 is 2.15 bits per heavy atom. The summed E-state index contributed by atoms with van der Waals surface area (Å²) in [5, 5.41) is 25.4. The summed E-state index contributed by atoms with van der Waals surface area (Å²) in [7, 11) is 0. The molecule has 1 aliphatic rings. The minimum atomic E-state index is -4.81. The molecule has 3 rings (SSSR count). The number of nitrogens with zero attached hydrogens (tertiary/aromatic N) is 2. The molecule has 8 nitrogen and oxygen atoms in total. The third kappa shape index (κ3) is 3.24. The predicted octanol–water partition coefficient (Wildman–Crippen LogP) is 0.775. The number of rotatable bonds is 4. The van der Waals surface area contributed by atoms with E-state index in [0.717, 1.165) is 0 Å². The molecule has 1 aromatic heterocycles. The van der Waals surface area contributed by atoms with Gasteiger partial charge < -0.3 is 25.1 Å². The molecule has 0 unspecified atom stereocenters. The van der Waals surface area contributed by atoms with Gasteiger partial charge in [0, 0.05) is 5.56 Å². The molecule has 1 atom stereocenters. The van der Waals surface area contributed by atoms with E-state index in [0.29, 0.717) is 0 Å². The van der Waals surface area contributed by atoms with E-state index in [1.165, 1.54) is 24.3 Å². The first-order valence-electron chi connectivity index (χ1n) is 7.38. The van der Waals surface area contributed by atoms with Crippen molar-refractivity contribution < 1.29 is 32.5 Å². The first-order valence-corrected chi connectivity index (χ1v) is 7.38. The molecule has 0 fully saturated rings. The molecule has 140 valence electrons. The minimum Gasteiger partial charge on any atom is -0.546 e. The van der Waals surface area contributed by atoms with Crippen LogP contribution in [0, 0.1) is 11.3 Å². The summed E-state index contributed by atoms with van der Waals surface area (Å²) in [5.41, 5.74) is 3.82. The number of hydrogen-bond donors (Lipinski definition) is 2. The molecule has 0 amide bonds. The topological polar surface area (TPSA) is 137 Å². The van der Waals surface area contributed by atoms with Crippen LogP contribution in [0.2, 0.25) is 0 Å². The minimum absolute atomic E-state index is 0.0468. The Kier molecular flexibility index (Phi) is 4.40. The lowest BCUT2D eigenvalue weighted by Crippen LogP contribution is -2.29. The summed E-state index contributed by atoms with van der Waals surface area (Å²) in [6.45, 7) is -0.828. The van der Waals surface area contributed by atoms with Gasteiger partial charge in [-0.1, -0.05) is 18.2 Å². The molecule has 27 heavy (non-hydrogen) atoms. The van der Waals surface area contributed by atoms with Crippen molar-refractivity contribution in [2.24, 2.45) is 5.73 Å². The zero-order valence-corrected chi connectivity index (χ0v) is 13.3. The van der Waals surface area contributed by atoms with Crippen LogP contribution in [0.5, 0.6) is 11.6 Å². The van der Waals surface area contributed by atoms with Crippen LogP contribution in [0.1, 0.15) is 22.7 Å². The van der Waals surface area contributed by atoms with Crippen molar-refractivity contribution in [1.29, 1.82) is 5.26 Å². The molecule has 2 heterocycles. The summed E-state index contributed by atoms with van der Waals surface area (Å²) in [6, 6.07) is 7.47. The number of nitrogens with one attached hydrogen (secondary N) is 1. The number of carbonyl (C=O) groups excluding carboxylic acids is 1. The third-order valence-electron chi connectivity index (χ3n) is 3.80. The summed E-state index contributed by atoms with van der Waals surface area (Å²) in [4.78, 5) is 10.7. The largest absolute Gasteiger partial charge is 0.546 e. The van der Waals surface area contributed by atoms with Crippen molar-refractivity contribution >= 4 is 5.97 Å². The zero-order valence-electron chi connectivity index (χ0n) is 13.3. The van der Waals surface area contributed by atoms with E-state index >= 15 is 0 Å². The number of aromatic nitrogens is 2. The van der Waals surface area contributed by atoms with E-state index in [9.17, 15) is 28.3 Å². The van der Waals surface area contributed by atoms with Gasteiger partial charge in [0.25, 0.3) is 0 Å². The number of aromatic amines is 1. The van der Waals surface area contributed by atoms with E-state index in [-0.39, 0.29) is 16.9 Å². The van der Waals surface area contributed by atoms with Crippen molar-refractivity contribution in [1.82, 2.24) is 10.2 Å². The Balaban J connectivity index is 2.22. The van der Waals surface area contributed by atoms with Crippen LogP contribution >= 0.6 is 0 Å². The quantitative estimate of drug-likeness (QED) is 0.800. The van der Waals surface area contributed by atoms with E-state index in [4.69, 9.17) is 15.2 Å². The lowest BCUT2D eigenvalue weighted by Gasteiger charge is -2.26. The second-order valence-corrected chi connectivity index (χ2v) is 5.44. The number of nitriles is 1. The molecular weight excluding hydrogens is 369 g/mol. The number of alkyl halides is 3. The number of allylic oxidation sites excluding steroid dienone is 1. The van der Waals surface area contributed by atoms with Crippen molar-refractivity contribution in [3.8, 4) is 17.7 Å². The van der Waals surface area contributed by atoms with Crippen LogP contribution in [0.4, 0.5) is 13.2 Å². The second-order valence-electron chi connectivity index (χ2n) is 5.44. The van der Waals surface area contributed by atoms with Gasteiger partial charge in [-0.3, -0.25) is 5.10 Å². The van der Waals surface area contributed by atoms with Crippen LogP contribution in [0.15, 0.2) is 35.7 Å². The van der Waals surface area contributed by atoms with E-state index in [1.54, 1.807) is 6.07 Å². The Hall–Kier alpha value is -3.68. The fraction of sp³-hybridized carbons (Fsp3) is 0.188. The number of aliphatic carboxylic acids is 1. The monoisotopic (exact) mass is 379 g/mol. The number of halogens is 3. The number of ether oxygens (including phenoxy) is 2. The van der Waals surface area contributed by atoms with Crippen molar-refractivity contribution in [2.45, 2.75) is 12.1 Å². The number of carboxylic acid groups (broad SMARTS) is 1.